The molecule has 1 atom stereocenters. The van der Waals surface area contributed by atoms with E-state index >= 15 is 0 Å². The summed E-state index contributed by atoms with van der Waals surface area (Å²) in [5.74, 6) is 0.0686. The lowest BCUT2D eigenvalue weighted by molar-refractivity contribution is -0.143. The molecule has 2 aromatic carbocycles. The Morgan fingerprint density at radius 2 is 1.70 bits per heavy atom. The first kappa shape index (κ1) is 27.3. The Labute approximate surface area is 211 Å². The van der Waals surface area contributed by atoms with Crippen molar-refractivity contribution in [2.75, 3.05) is 13.2 Å². The van der Waals surface area contributed by atoms with E-state index in [1.54, 1.807) is 30.3 Å². The smallest absolute Gasteiger partial charge is 0.261 e. The standard InChI is InChI=1S/C25H31Cl3N2O3/c1-5-7-10-29-25(32)22(6-2)30(14-18-8-9-20(26)21(27)13-18)23(31)15-33-19-11-16(3)24(28)17(4)12-19/h8-9,11-13,22H,5-7,10,14-15H2,1-4H3,(H,29,32)/t22-/m1/s1. The Kier molecular flexibility index (Phi) is 10.8. The van der Waals surface area contributed by atoms with Crippen molar-refractivity contribution in [2.24, 2.45) is 0 Å². The largest absolute Gasteiger partial charge is 0.484 e. The van der Waals surface area contributed by atoms with E-state index in [-0.39, 0.29) is 25.0 Å². The van der Waals surface area contributed by atoms with Gasteiger partial charge in [-0.05, 0) is 67.6 Å². The first-order chi connectivity index (χ1) is 15.7. The van der Waals surface area contributed by atoms with Crippen LogP contribution in [0.5, 0.6) is 5.75 Å². The van der Waals surface area contributed by atoms with Gasteiger partial charge in [0.25, 0.3) is 5.91 Å². The highest BCUT2D eigenvalue weighted by molar-refractivity contribution is 6.42. The van der Waals surface area contributed by atoms with Gasteiger partial charge in [0.2, 0.25) is 5.91 Å². The van der Waals surface area contributed by atoms with Crippen LogP contribution in [0.2, 0.25) is 15.1 Å². The molecule has 8 heteroatoms. The van der Waals surface area contributed by atoms with Gasteiger partial charge in [0.15, 0.2) is 6.61 Å². The summed E-state index contributed by atoms with van der Waals surface area (Å²) in [7, 11) is 0. The van der Waals surface area contributed by atoms with Gasteiger partial charge in [-0.3, -0.25) is 9.59 Å². The van der Waals surface area contributed by atoms with Crippen LogP contribution in [-0.2, 0) is 16.1 Å². The topological polar surface area (TPSA) is 58.6 Å². The number of amides is 2. The van der Waals surface area contributed by atoms with E-state index in [0.29, 0.717) is 33.8 Å². The molecule has 0 unspecified atom stereocenters. The van der Waals surface area contributed by atoms with Gasteiger partial charge in [0, 0.05) is 18.1 Å². The predicted molar refractivity (Wildman–Crippen MR) is 135 cm³/mol. The summed E-state index contributed by atoms with van der Waals surface area (Å²) in [5, 5.41) is 4.43. The summed E-state index contributed by atoms with van der Waals surface area (Å²) < 4.78 is 5.79. The number of ether oxygens (including phenoxy) is 1. The fraction of sp³-hybridized carbons (Fsp3) is 0.440. The molecule has 0 spiro atoms. The number of aryl methyl sites for hydroxylation is 2. The van der Waals surface area contributed by atoms with Crippen molar-refractivity contribution in [1.82, 2.24) is 10.2 Å². The third kappa shape index (κ3) is 7.80. The van der Waals surface area contributed by atoms with Crippen LogP contribution in [0, 0.1) is 13.8 Å². The number of hydrogen-bond donors (Lipinski definition) is 1. The maximum absolute atomic E-state index is 13.3. The molecule has 0 aliphatic carbocycles. The van der Waals surface area contributed by atoms with Gasteiger partial charge in [-0.25, -0.2) is 0 Å². The van der Waals surface area contributed by atoms with Crippen molar-refractivity contribution < 1.29 is 14.3 Å². The average molecular weight is 514 g/mol. The predicted octanol–water partition coefficient (Wildman–Crippen LogP) is 6.37. The zero-order valence-corrected chi connectivity index (χ0v) is 21.8. The average Bonchev–Trinajstić information content (AvgIpc) is 2.78. The zero-order valence-electron chi connectivity index (χ0n) is 19.5. The molecule has 2 amide bonds. The number of rotatable bonds is 11. The second kappa shape index (κ2) is 13.1. The summed E-state index contributed by atoms with van der Waals surface area (Å²) in [6.45, 7) is 8.27. The quantitative estimate of drug-likeness (QED) is 0.355. The number of hydrogen-bond acceptors (Lipinski definition) is 3. The molecule has 0 saturated carbocycles. The number of unbranched alkanes of at least 4 members (excludes halogenated alkanes) is 1. The Hall–Kier alpha value is -1.95. The third-order valence-electron chi connectivity index (χ3n) is 5.32. The van der Waals surface area contributed by atoms with Gasteiger partial charge in [-0.2, -0.15) is 0 Å². The summed E-state index contributed by atoms with van der Waals surface area (Å²) in [6.07, 6.45) is 2.31. The fourth-order valence-corrected chi connectivity index (χ4v) is 3.91. The molecule has 0 aromatic heterocycles. The molecule has 2 rings (SSSR count). The molecule has 0 saturated heterocycles. The Balaban J connectivity index is 2.24. The zero-order chi connectivity index (χ0) is 24.5. The minimum atomic E-state index is -0.638. The summed E-state index contributed by atoms with van der Waals surface area (Å²) in [4.78, 5) is 27.7. The lowest BCUT2D eigenvalue weighted by atomic mass is 10.1. The third-order valence-corrected chi connectivity index (χ3v) is 6.66. The van der Waals surface area contributed by atoms with E-state index in [4.69, 9.17) is 39.5 Å². The second-order valence-corrected chi connectivity index (χ2v) is 9.19. The number of nitrogens with zero attached hydrogens (tertiary/aromatic N) is 1. The summed E-state index contributed by atoms with van der Waals surface area (Å²) in [6, 6.07) is 8.13. The number of carbonyl (C=O) groups is 2. The molecule has 180 valence electrons. The minimum absolute atomic E-state index is 0.183. The molecule has 0 aliphatic rings. The highest BCUT2D eigenvalue weighted by Crippen LogP contribution is 2.27. The highest BCUT2D eigenvalue weighted by atomic mass is 35.5. The highest BCUT2D eigenvalue weighted by Gasteiger charge is 2.29. The SMILES string of the molecule is CCCCNC(=O)[C@@H](CC)N(Cc1ccc(Cl)c(Cl)c1)C(=O)COc1cc(C)c(Cl)c(C)c1. The van der Waals surface area contributed by atoms with E-state index in [9.17, 15) is 9.59 Å². The molecule has 5 nitrogen and oxygen atoms in total. The van der Waals surface area contributed by atoms with Crippen LogP contribution in [0.15, 0.2) is 30.3 Å². The van der Waals surface area contributed by atoms with Gasteiger partial charge >= 0.3 is 0 Å². The lowest BCUT2D eigenvalue weighted by Gasteiger charge is -2.30. The Morgan fingerprint density at radius 1 is 1.03 bits per heavy atom. The maximum atomic E-state index is 13.3. The van der Waals surface area contributed by atoms with E-state index in [1.165, 1.54) is 4.90 Å². The molecule has 0 heterocycles. The maximum Gasteiger partial charge on any atom is 0.261 e. The molecule has 0 fully saturated rings. The number of halogens is 3. The molecule has 0 aliphatic heterocycles. The van der Waals surface area contributed by atoms with Gasteiger partial charge in [-0.1, -0.05) is 61.1 Å². The van der Waals surface area contributed by atoms with Crippen LogP contribution in [0.1, 0.15) is 49.8 Å². The molecule has 0 radical (unpaired) electrons. The van der Waals surface area contributed by atoms with Crippen molar-refractivity contribution in [3.05, 3.63) is 62.1 Å². The van der Waals surface area contributed by atoms with Gasteiger partial charge in [0.05, 0.1) is 10.0 Å². The molecular formula is C25H31Cl3N2O3. The Morgan fingerprint density at radius 3 is 2.27 bits per heavy atom. The minimum Gasteiger partial charge on any atom is -0.484 e. The van der Waals surface area contributed by atoms with Gasteiger partial charge in [0.1, 0.15) is 11.8 Å². The number of benzene rings is 2. The molecule has 2 aromatic rings. The first-order valence-corrected chi connectivity index (χ1v) is 12.2. The van der Waals surface area contributed by atoms with Crippen molar-refractivity contribution >= 4 is 46.6 Å². The van der Waals surface area contributed by atoms with E-state index in [1.807, 2.05) is 20.8 Å². The fourth-order valence-electron chi connectivity index (χ4n) is 3.48. The molecular weight excluding hydrogens is 483 g/mol. The van der Waals surface area contributed by atoms with E-state index in [0.717, 1.165) is 29.5 Å². The van der Waals surface area contributed by atoms with Crippen molar-refractivity contribution in [1.29, 1.82) is 0 Å². The van der Waals surface area contributed by atoms with Crippen LogP contribution in [-0.4, -0.2) is 35.9 Å². The second-order valence-electron chi connectivity index (χ2n) is 8.00. The normalized spacial score (nSPS) is 11.7. The summed E-state index contributed by atoms with van der Waals surface area (Å²) >= 11 is 18.4. The van der Waals surface area contributed by atoms with Crippen molar-refractivity contribution in [2.45, 2.75) is 59.5 Å². The lowest BCUT2D eigenvalue weighted by Crippen LogP contribution is -2.50. The molecule has 33 heavy (non-hydrogen) atoms. The van der Waals surface area contributed by atoms with Crippen LogP contribution in [0.4, 0.5) is 0 Å². The van der Waals surface area contributed by atoms with Crippen LogP contribution < -0.4 is 10.1 Å². The van der Waals surface area contributed by atoms with E-state index < -0.39 is 6.04 Å². The van der Waals surface area contributed by atoms with Gasteiger partial charge in [-0.15, -0.1) is 0 Å². The van der Waals surface area contributed by atoms with Crippen LogP contribution in [0.3, 0.4) is 0 Å². The Bertz CT molecular complexity index is 958. The van der Waals surface area contributed by atoms with Crippen molar-refractivity contribution in [3.8, 4) is 5.75 Å². The van der Waals surface area contributed by atoms with E-state index in [2.05, 4.69) is 12.2 Å². The van der Waals surface area contributed by atoms with Crippen LogP contribution in [0.25, 0.3) is 0 Å². The summed E-state index contributed by atoms with van der Waals surface area (Å²) in [5.41, 5.74) is 2.51. The first-order valence-electron chi connectivity index (χ1n) is 11.1. The monoisotopic (exact) mass is 512 g/mol. The van der Waals surface area contributed by atoms with Crippen LogP contribution >= 0.6 is 34.8 Å². The molecule has 1 N–H and O–H groups in total. The van der Waals surface area contributed by atoms with Gasteiger partial charge < -0.3 is 15.0 Å². The number of carbonyl (C=O) groups excluding carboxylic acids is 2. The van der Waals surface area contributed by atoms with Crippen molar-refractivity contribution in [3.63, 3.8) is 0 Å². The molecule has 0 bridgehead atoms. The number of nitrogens with one attached hydrogen (secondary N) is 1.